The second-order valence-electron chi connectivity index (χ2n) is 6.62. The maximum Gasteiger partial charge on any atom is 0.0419 e. The Labute approximate surface area is 112 Å². The van der Waals surface area contributed by atoms with E-state index in [1.807, 2.05) is 12.3 Å². The van der Waals surface area contributed by atoms with Gasteiger partial charge in [-0.3, -0.25) is 4.98 Å². The molecule has 1 aromatic rings. The zero-order valence-corrected chi connectivity index (χ0v) is 12.5. The Kier molecular flexibility index (Phi) is 5.80. The molecule has 1 N–H and O–H groups in total. The van der Waals surface area contributed by atoms with E-state index < -0.39 is 0 Å². The van der Waals surface area contributed by atoms with Gasteiger partial charge in [0.15, 0.2) is 0 Å². The zero-order valence-electron chi connectivity index (χ0n) is 12.5. The highest BCUT2D eigenvalue weighted by Crippen LogP contribution is 2.27. The number of pyridine rings is 1. The quantitative estimate of drug-likeness (QED) is 0.831. The molecule has 18 heavy (non-hydrogen) atoms. The van der Waals surface area contributed by atoms with Gasteiger partial charge in [0, 0.05) is 24.4 Å². The van der Waals surface area contributed by atoms with Crippen LogP contribution in [0.2, 0.25) is 0 Å². The van der Waals surface area contributed by atoms with Crippen LogP contribution in [0.15, 0.2) is 24.4 Å². The Morgan fingerprint density at radius 3 is 2.50 bits per heavy atom. The van der Waals surface area contributed by atoms with E-state index in [0.717, 1.165) is 12.3 Å². The molecule has 0 bridgehead atoms. The molecule has 0 aliphatic rings. The first-order chi connectivity index (χ1) is 8.40. The first-order valence-electron chi connectivity index (χ1n) is 6.98. The second-order valence-corrected chi connectivity index (χ2v) is 6.62. The van der Waals surface area contributed by atoms with Crippen molar-refractivity contribution < 1.29 is 0 Å². The van der Waals surface area contributed by atoms with Crippen LogP contribution in [0, 0.1) is 11.3 Å². The van der Waals surface area contributed by atoms with Crippen molar-refractivity contribution in [1.82, 2.24) is 10.3 Å². The van der Waals surface area contributed by atoms with Gasteiger partial charge in [-0.25, -0.2) is 0 Å². The van der Waals surface area contributed by atoms with Gasteiger partial charge >= 0.3 is 0 Å². The molecule has 0 aliphatic carbocycles. The molecule has 0 fully saturated rings. The average Bonchev–Trinajstić information content (AvgIpc) is 2.27. The summed E-state index contributed by atoms with van der Waals surface area (Å²) in [6, 6.07) is 6.67. The molecule has 0 aromatic carbocycles. The van der Waals surface area contributed by atoms with Crippen molar-refractivity contribution in [3.05, 3.63) is 30.1 Å². The molecule has 2 nitrogen and oxygen atoms in total. The summed E-state index contributed by atoms with van der Waals surface area (Å²) in [5.74, 6) is 0.742. The fourth-order valence-electron chi connectivity index (χ4n) is 2.69. The lowest BCUT2D eigenvalue weighted by Crippen LogP contribution is -2.30. The maximum absolute atomic E-state index is 4.41. The SMILES string of the molecule is CNC(Cc1ccccn1)CC(C)CC(C)(C)C. The van der Waals surface area contributed by atoms with E-state index in [0.29, 0.717) is 11.5 Å². The molecular weight excluding hydrogens is 220 g/mol. The summed E-state index contributed by atoms with van der Waals surface area (Å²) in [4.78, 5) is 4.41. The number of hydrogen-bond acceptors (Lipinski definition) is 2. The first kappa shape index (κ1) is 15.2. The molecule has 0 aliphatic heterocycles. The minimum atomic E-state index is 0.419. The summed E-state index contributed by atoms with van der Waals surface area (Å²) >= 11 is 0. The van der Waals surface area contributed by atoms with Crippen LogP contribution >= 0.6 is 0 Å². The van der Waals surface area contributed by atoms with Gasteiger partial charge in [-0.15, -0.1) is 0 Å². The molecule has 0 radical (unpaired) electrons. The van der Waals surface area contributed by atoms with Crippen molar-refractivity contribution in [3.8, 4) is 0 Å². The molecule has 2 unspecified atom stereocenters. The van der Waals surface area contributed by atoms with Gasteiger partial charge in [0.2, 0.25) is 0 Å². The molecule has 2 heteroatoms. The van der Waals surface area contributed by atoms with E-state index in [1.165, 1.54) is 18.5 Å². The van der Waals surface area contributed by atoms with Crippen molar-refractivity contribution in [2.45, 2.75) is 53.0 Å². The highest BCUT2D eigenvalue weighted by atomic mass is 14.9. The molecular formula is C16H28N2. The lowest BCUT2D eigenvalue weighted by atomic mass is 9.82. The fourth-order valence-corrected chi connectivity index (χ4v) is 2.69. The highest BCUT2D eigenvalue weighted by Gasteiger charge is 2.18. The summed E-state index contributed by atoms with van der Waals surface area (Å²) in [6.07, 6.45) is 5.38. The summed E-state index contributed by atoms with van der Waals surface area (Å²) in [5.41, 5.74) is 1.60. The van der Waals surface area contributed by atoms with Gasteiger partial charge in [-0.05, 0) is 43.4 Å². The van der Waals surface area contributed by atoms with Crippen molar-refractivity contribution in [1.29, 1.82) is 0 Å². The van der Waals surface area contributed by atoms with Crippen molar-refractivity contribution >= 4 is 0 Å². The van der Waals surface area contributed by atoms with E-state index in [4.69, 9.17) is 0 Å². The molecule has 0 saturated heterocycles. The predicted molar refractivity (Wildman–Crippen MR) is 78.6 cm³/mol. The molecule has 0 amide bonds. The number of aromatic nitrogens is 1. The average molecular weight is 248 g/mol. The van der Waals surface area contributed by atoms with Crippen LogP contribution in [0.4, 0.5) is 0 Å². The predicted octanol–water partition coefficient (Wildman–Crippen LogP) is 3.67. The number of nitrogens with zero attached hydrogens (tertiary/aromatic N) is 1. The van der Waals surface area contributed by atoms with Crippen LogP contribution in [0.5, 0.6) is 0 Å². The van der Waals surface area contributed by atoms with Crippen LogP contribution in [0.3, 0.4) is 0 Å². The van der Waals surface area contributed by atoms with Crippen LogP contribution in [0.25, 0.3) is 0 Å². The fraction of sp³-hybridized carbons (Fsp3) is 0.688. The monoisotopic (exact) mass is 248 g/mol. The highest BCUT2D eigenvalue weighted by molar-refractivity contribution is 5.05. The van der Waals surface area contributed by atoms with Crippen LogP contribution in [-0.4, -0.2) is 18.1 Å². The van der Waals surface area contributed by atoms with E-state index in [9.17, 15) is 0 Å². The second kappa shape index (κ2) is 6.89. The minimum absolute atomic E-state index is 0.419. The summed E-state index contributed by atoms with van der Waals surface area (Å²) in [7, 11) is 2.05. The topological polar surface area (TPSA) is 24.9 Å². The molecule has 2 atom stereocenters. The lowest BCUT2D eigenvalue weighted by molar-refractivity contribution is 0.277. The van der Waals surface area contributed by atoms with Gasteiger partial charge in [0.1, 0.15) is 0 Å². The van der Waals surface area contributed by atoms with E-state index >= 15 is 0 Å². The van der Waals surface area contributed by atoms with Crippen LogP contribution < -0.4 is 5.32 Å². The summed E-state index contributed by atoms with van der Waals surface area (Å²) < 4.78 is 0. The first-order valence-corrected chi connectivity index (χ1v) is 6.98. The van der Waals surface area contributed by atoms with Crippen molar-refractivity contribution in [2.24, 2.45) is 11.3 Å². The maximum atomic E-state index is 4.41. The zero-order chi connectivity index (χ0) is 13.6. The molecule has 1 rings (SSSR count). The number of likely N-dealkylation sites (N-methyl/N-ethyl adjacent to an activating group) is 1. The molecule has 102 valence electrons. The van der Waals surface area contributed by atoms with Crippen LogP contribution in [-0.2, 0) is 6.42 Å². The minimum Gasteiger partial charge on any atom is -0.317 e. The standard InChI is InChI=1S/C16H28N2/c1-13(12-16(2,3)4)10-15(17-5)11-14-8-6-7-9-18-14/h6-9,13,15,17H,10-12H2,1-5H3. The smallest absolute Gasteiger partial charge is 0.0419 e. The molecule has 1 heterocycles. The Morgan fingerprint density at radius 1 is 1.28 bits per heavy atom. The van der Waals surface area contributed by atoms with Crippen molar-refractivity contribution in [3.63, 3.8) is 0 Å². The van der Waals surface area contributed by atoms with E-state index in [1.54, 1.807) is 0 Å². The van der Waals surface area contributed by atoms with Gasteiger partial charge in [-0.2, -0.15) is 0 Å². The summed E-state index contributed by atoms with van der Waals surface area (Å²) in [6.45, 7) is 9.30. The number of hydrogen-bond donors (Lipinski definition) is 1. The normalized spacial score (nSPS) is 15.4. The molecule has 0 saturated carbocycles. The number of nitrogens with one attached hydrogen (secondary N) is 1. The van der Waals surface area contributed by atoms with Gasteiger partial charge in [0.25, 0.3) is 0 Å². The van der Waals surface area contributed by atoms with Gasteiger partial charge in [0.05, 0.1) is 0 Å². The van der Waals surface area contributed by atoms with E-state index in [-0.39, 0.29) is 0 Å². The lowest BCUT2D eigenvalue weighted by Gasteiger charge is -2.26. The Bertz CT molecular complexity index is 327. The van der Waals surface area contributed by atoms with Crippen molar-refractivity contribution in [2.75, 3.05) is 7.05 Å². The Hall–Kier alpha value is -0.890. The largest absolute Gasteiger partial charge is 0.317 e. The van der Waals surface area contributed by atoms with E-state index in [2.05, 4.69) is 57.2 Å². The molecule has 0 spiro atoms. The molecule has 1 aromatic heterocycles. The van der Waals surface area contributed by atoms with Crippen LogP contribution in [0.1, 0.15) is 46.2 Å². The number of rotatable bonds is 6. The Balaban J connectivity index is 2.47. The third-order valence-electron chi connectivity index (χ3n) is 3.24. The third kappa shape index (κ3) is 6.15. The third-order valence-corrected chi connectivity index (χ3v) is 3.24. The Morgan fingerprint density at radius 2 is 2.00 bits per heavy atom. The summed E-state index contributed by atoms with van der Waals surface area (Å²) in [5, 5.41) is 3.43. The van der Waals surface area contributed by atoms with Gasteiger partial charge in [-0.1, -0.05) is 33.8 Å². The van der Waals surface area contributed by atoms with Gasteiger partial charge < -0.3 is 5.32 Å².